The number of aliphatic carboxylic acids is 1. The maximum atomic E-state index is 14.7. The molecule has 1 saturated heterocycles. The first kappa shape index (κ1) is 30.3. The molecule has 3 aromatic carbocycles. The molecule has 5 rings (SSSR count). The van der Waals surface area contributed by atoms with Crippen LogP contribution >= 0.6 is 0 Å². The van der Waals surface area contributed by atoms with Gasteiger partial charge in [-0.25, -0.2) is 4.79 Å². The molecule has 1 heterocycles. The molecule has 1 aliphatic heterocycles. The Morgan fingerprint density at radius 2 is 1.39 bits per heavy atom. The van der Waals surface area contributed by atoms with Crippen LogP contribution in [0.1, 0.15) is 77.2 Å². The van der Waals surface area contributed by atoms with Crippen LogP contribution in [0.4, 0.5) is 0 Å². The largest absolute Gasteiger partial charge is 0.493 e. The molecule has 0 spiro atoms. The van der Waals surface area contributed by atoms with Crippen molar-refractivity contribution in [3.8, 4) is 23.6 Å². The number of likely N-dealkylation sites (tertiary alicyclic amines) is 1. The fraction of sp³-hybridized carbons (Fsp3) is 0.343. The highest BCUT2D eigenvalue weighted by Crippen LogP contribution is 2.58. The molecule has 1 amide bonds. The maximum Gasteiger partial charge on any atom is 0.330 e. The number of ketones is 1. The molecule has 0 aromatic heterocycles. The number of nitriles is 2. The van der Waals surface area contributed by atoms with Crippen molar-refractivity contribution in [1.82, 2.24) is 4.90 Å². The number of carbonyl (C=O) groups is 3. The highest BCUT2D eigenvalue weighted by atomic mass is 16.5. The van der Waals surface area contributed by atoms with Crippen LogP contribution in [0.5, 0.6) is 11.5 Å². The fourth-order valence-corrected chi connectivity index (χ4v) is 6.99. The van der Waals surface area contributed by atoms with E-state index >= 15 is 0 Å². The molecule has 2 fully saturated rings. The van der Waals surface area contributed by atoms with Crippen molar-refractivity contribution in [2.24, 2.45) is 11.8 Å². The molecule has 9 heteroatoms. The van der Waals surface area contributed by atoms with Gasteiger partial charge in [-0.15, -0.1) is 0 Å². The van der Waals surface area contributed by atoms with Crippen LogP contribution in [0.15, 0.2) is 66.7 Å². The summed E-state index contributed by atoms with van der Waals surface area (Å²) >= 11 is 0. The van der Waals surface area contributed by atoms with E-state index in [-0.39, 0.29) is 17.6 Å². The molecule has 0 bridgehead atoms. The first-order valence-corrected chi connectivity index (χ1v) is 14.5. The predicted octanol–water partition coefficient (Wildman–Crippen LogP) is 5.65. The summed E-state index contributed by atoms with van der Waals surface area (Å²) in [4.78, 5) is 44.1. The Labute approximate surface area is 256 Å². The number of ether oxygens (including phenoxy) is 2. The standard InChI is InChI=1S/C35H33N3O6/c1-35(34(41)42)30(26-16-17-27(43-2)28(18-26)44-3)29(32(39)24-14-10-22(20-37)11-15-24)31(23-12-8-21(19-36)9-13-23)38(35)33(40)25-6-4-5-7-25/h8-18,25,29-31H,4-7H2,1-3H3,(H,41,42). The van der Waals surface area contributed by atoms with Crippen molar-refractivity contribution < 1.29 is 29.0 Å². The van der Waals surface area contributed by atoms with Gasteiger partial charge in [0.25, 0.3) is 0 Å². The van der Waals surface area contributed by atoms with Gasteiger partial charge < -0.3 is 19.5 Å². The summed E-state index contributed by atoms with van der Waals surface area (Å²) in [5.74, 6) is -3.53. The third kappa shape index (κ3) is 5.05. The highest BCUT2D eigenvalue weighted by Gasteiger charge is 2.65. The van der Waals surface area contributed by atoms with Crippen molar-refractivity contribution in [3.05, 3.63) is 94.5 Å². The van der Waals surface area contributed by atoms with Crippen molar-refractivity contribution >= 4 is 17.7 Å². The SMILES string of the molecule is COc1ccc(C2C(C(=O)c3ccc(C#N)cc3)C(c3ccc(C#N)cc3)N(C(=O)C3CCCC3)C2(C)C(=O)O)cc1OC. The minimum Gasteiger partial charge on any atom is -0.493 e. The van der Waals surface area contributed by atoms with Crippen LogP contribution in [-0.4, -0.2) is 47.4 Å². The van der Waals surface area contributed by atoms with Crippen LogP contribution in [0, 0.1) is 34.5 Å². The number of benzene rings is 3. The number of carboxylic acid groups (broad SMARTS) is 1. The molecular weight excluding hydrogens is 558 g/mol. The summed E-state index contributed by atoms with van der Waals surface area (Å²) in [5, 5.41) is 29.8. The second-order valence-corrected chi connectivity index (χ2v) is 11.5. The smallest absolute Gasteiger partial charge is 0.330 e. The number of methoxy groups -OCH3 is 2. The van der Waals surface area contributed by atoms with Crippen LogP contribution in [-0.2, 0) is 9.59 Å². The lowest BCUT2D eigenvalue weighted by atomic mass is 9.71. The molecule has 3 aromatic rings. The van der Waals surface area contributed by atoms with Gasteiger partial charge in [-0.1, -0.05) is 43.2 Å². The van der Waals surface area contributed by atoms with E-state index in [2.05, 4.69) is 12.1 Å². The third-order valence-corrected chi connectivity index (χ3v) is 9.21. The van der Waals surface area contributed by atoms with Crippen molar-refractivity contribution in [1.29, 1.82) is 10.5 Å². The van der Waals surface area contributed by atoms with Gasteiger partial charge in [0.1, 0.15) is 5.54 Å². The van der Waals surface area contributed by atoms with E-state index in [4.69, 9.17) is 9.47 Å². The van der Waals surface area contributed by atoms with Crippen molar-refractivity contribution in [3.63, 3.8) is 0 Å². The third-order valence-electron chi connectivity index (χ3n) is 9.21. The van der Waals surface area contributed by atoms with Gasteiger partial charge in [-0.05, 0) is 67.3 Å². The molecule has 0 radical (unpaired) electrons. The Balaban J connectivity index is 1.81. The van der Waals surface area contributed by atoms with Gasteiger partial charge in [0.05, 0.1) is 49.4 Å². The number of rotatable bonds is 8. The fourth-order valence-electron chi connectivity index (χ4n) is 6.99. The Hall–Kier alpha value is -5.15. The Morgan fingerprint density at radius 1 is 0.841 bits per heavy atom. The number of hydrogen-bond acceptors (Lipinski definition) is 7. The molecule has 1 aliphatic carbocycles. The molecule has 4 atom stereocenters. The Morgan fingerprint density at radius 3 is 1.91 bits per heavy atom. The van der Waals surface area contributed by atoms with E-state index in [9.17, 15) is 30.0 Å². The van der Waals surface area contributed by atoms with Gasteiger partial charge >= 0.3 is 5.97 Å². The lowest BCUT2D eigenvalue weighted by Crippen LogP contribution is -2.55. The molecule has 1 N–H and O–H groups in total. The number of amides is 1. The lowest BCUT2D eigenvalue weighted by Gasteiger charge is -2.39. The summed E-state index contributed by atoms with van der Waals surface area (Å²) in [5.41, 5.74) is 0.276. The van der Waals surface area contributed by atoms with E-state index in [0.717, 1.165) is 12.8 Å². The summed E-state index contributed by atoms with van der Waals surface area (Å²) in [7, 11) is 2.97. The van der Waals surface area contributed by atoms with Gasteiger partial charge in [-0.2, -0.15) is 10.5 Å². The van der Waals surface area contributed by atoms with Gasteiger partial charge in [0.2, 0.25) is 5.91 Å². The average molecular weight is 592 g/mol. The Kier molecular flexibility index (Phi) is 8.42. The van der Waals surface area contributed by atoms with Crippen molar-refractivity contribution in [2.75, 3.05) is 14.2 Å². The summed E-state index contributed by atoms with van der Waals surface area (Å²) in [6, 6.07) is 21.0. The maximum absolute atomic E-state index is 14.7. The molecule has 2 aliphatic rings. The summed E-state index contributed by atoms with van der Waals surface area (Å²) in [6.45, 7) is 1.52. The monoisotopic (exact) mass is 591 g/mol. The zero-order valence-electron chi connectivity index (χ0n) is 24.8. The zero-order valence-corrected chi connectivity index (χ0v) is 24.8. The van der Waals surface area contributed by atoms with Gasteiger partial charge in [0, 0.05) is 17.4 Å². The van der Waals surface area contributed by atoms with Gasteiger partial charge in [0.15, 0.2) is 17.3 Å². The average Bonchev–Trinajstić information content (AvgIpc) is 3.69. The highest BCUT2D eigenvalue weighted by molar-refractivity contribution is 6.02. The minimum absolute atomic E-state index is 0.293. The van der Waals surface area contributed by atoms with E-state index < -0.39 is 29.4 Å². The number of carboxylic acids is 1. The molecule has 1 saturated carbocycles. The molecule has 9 nitrogen and oxygen atoms in total. The first-order valence-electron chi connectivity index (χ1n) is 14.5. The first-order chi connectivity index (χ1) is 21.2. The number of nitrogens with zero attached hydrogens (tertiary/aromatic N) is 3. The van der Waals surface area contributed by atoms with Crippen LogP contribution in [0.2, 0.25) is 0 Å². The van der Waals surface area contributed by atoms with Crippen molar-refractivity contribution in [2.45, 2.75) is 50.1 Å². The number of hydrogen-bond donors (Lipinski definition) is 1. The Bertz CT molecular complexity index is 1660. The van der Waals surface area contributed by atoms with E-state index in [1.54, 1.807) is 66.7 Å². The zero-order chi connectivity index (χ0) is 31.6. The number of carbonyl (C=O) groups excluding carboxylic acids is 2. The number of Topliss-reactive ketones (excluding diaryl/α,β-unsaturated/α-hetero) is 1. The van der Waals surface area contributed by atoms with Crippen LogP contribution in [0.3, 0.4) is 0 Å². The minimum atomic E-state index is -1.84. The van der Waals surface area contributed by atoms with E-state index in [1.165, 1.54) is 26.0 Å². The van der Waals surface area contributed by atoms with Crippen LogP contribution < -0.4 is 9.47 Å². The van der Waals surface area contributed by atoms with Gasteiger partial charge in [-0.3, -0.25) is 9.59 Å². The molecular formula is C35H33N3O6. The summed E-state index contributed by atoms with van der Waals surface area (Å²) in [6.07, 6.45) is 3.01. The summed E-state index contributed by atoms with van der Waals surface area (Å²) < 4.78 is 11.0. The van der Waals surface area contributed by atoms with E-state index in [1.807, 2.05) is 0 Å². The van der Waals surface area contributed by atoms with E-state index in [0.29, 0.717) is 52.2 Å². The molecule has 44 heavy (non-hydrogen) atoms. The topological polar surface area (TPSA) is 141 Å². The molecule has 224 valence electrons. The molecule has 4 unspecified atom stereocenters. The quantitative estimate of drug-likeness (QED) is 0.332. The van der Waals surface area contributed by atoms with Crippen LogP contribution in [0.25, 0.3) is 0 Å². The second kappa shape index (κ2) is 12.2. The predicted molar refractivity (Wildman–Crippen MR) is 160 cm³/mol. The lowest BCUT2D eigenvalue weighted by molar-refractivity contribution is -0.159. The normalized spacial score (nSPS) is 23.0. The second-order valence-electron chi connectivity index (χ2n) is 11.5.